The second-order valence-electron chi connectivity index (χ2n) is 8.34. The topological polar surface area (TPSA) is 85.6 Å². The molecule has 1 N–H and O–H groups in total. The van der Waals surface area contributed by atoms with E-state index in [1.165, 1.54) is 4.68 Å². The second kappa shape index (κ2) is 11.9. The van der Waals surface area contributed by atoms with Gasteiger partial charge in [0.05, 0.1) is 22.1 Å². The largest absolute Gasteiger partial charge is 0.482 e. The Labute approximate surface area is 232 Å². The number of aromatic nitrogens is 2. The van der Waals surface area contributed by atoms with E-state index >= 15 is 0 Å². The van der Waals surface area contributed by atoms with Crippen molar-refractivity contribution in [3.8, 4) is 5.75 Å². The van der Waals surface area contributed by atoms with Crippen LogP contribution in [-0.4, -0.2) is 28.4 Å². The summed E-state index contributed by atoms with van der Waals surface area (Å²) < 4.78 is 7.69. The summed E-state index contributed by atoms with van der Waals surface area (Å²) in [6.45, 7) is 3.82. The molecule has 0 radical (unpaired) electrons. The van der Waals surface area contributed by atoms with Crippen LogP contribution < -0.4 is 15.6 Å². The minimum absolute atomic E-state index is 0.0243. The van der Waals surface area contributed by atoms with E-state index in [4.69, 9.17) is 32.9 Å². The summed E-state index contributed by atoms with van der Waals surface area (Å²) in [5.74, 6) is 0.615. The molecular formula is C27H23BrCl2N4O3. The van der Waals surface area contributed by atoms with Crippen LogP contribution in [0, 0.1) is 0 Å². The Hall–Kier alpha value is -3.20. The molecule has 7 nitrogen and oxygen atoms in total. The molecule has 4 rings (SSSR count). The van der Waals surface area contributed by atoms with Gasteiger partial charge in [0.15, 0.2) is 6.61 Å². The Morgan fingerprint density at radius 3 is 2.62 bits per heavy atom. The number of nitrogens with zero attached hydrogens (tertiary/aromatic N) is 3. The maximum absolute atomic E-state index is 13.3. The molecule has 190 valence electrons. The molecular weight excluding hydrogens is 579 g/mol. The van der Waals surface area contributed by atoms with Crippen LogP contribution >= 0.6 is 39.1 Å². The van der Waals surface area contributed by atoms with E-state index in [9.17, 15) is 9.59 Å². The first kappa shape index (κ1) is 26.9. The summed E-state index contributed by atoms with van der Waals surface area (Å²) in [4.78, 5) is 30.2. The van der Waals surface area contributed by atoms with E-state index in [2.05, 4.69) is 26.3 Å². The van der Waals surface area contributed by atoms with Crippen molar-refractivity contribution in [2.45, 2.75) is 26.2 Å². The lowest BCUT2D eigenvalue weighted by molar-refractivity contribution is -0.118. The zero-order chi connectivity index (χ0) is 26.5. The highest BCUT2D eigenvalue weighted by Gasteiger charge is 2.16. The predicted octanol–water partition coefficient (Wildman–Crippen LogP) is 6.88. The van der Waals surface area contributed by atoms with E-state index < -0.39 is 0 Å². The monoisotopic (exact) mass is 600 g/mol. The molecule has 0 saturated carbocycles. The Balaban J connectivity index is 1.52. The fourth-order valence-corrected chi connectivity index (χ4v) is 4.22. The fraction of sp³-hybridized carbons (Fsp3) is 0.185. The summed E-state index contributed by atoms with van der Waals surface area (Å²) in [5.41, 5.74) is 1.63. The predicted molar refractivity (Wildman–Crippen MR) is 152 cm³/mol. The van der Waals surface area contributed by atoms with Crippen molar-refractivity contribution in [2.75, 3.05) is 11.9 Å². The number of anilines is 1. The first-order valence-corrected chi connectivity index (χ1v) is 13.0. The molecule has 1 aromatic heterocycles. The highest BCUT2D eigenvalue weighted by Crippen LogP contribution is 2.25. The molecule has 0 aliphatic heterocycles. The van der Waals surface area contributed by atoms with Crippen LogP contribution in [0.25, 0.3) is 10.9 Å². The molecule has 0 fully saturated rings. The number of halogens is 3. The van der Waals surface area contributed by atoms with Crippen LogP contribution in [0.3, 0.4) is 0 Å². The standard InChI is InChI=1S/C27H23BrCl2N4O3/c1-3-16(2)26-33-23-10-5-18(28)13-21(23)27(36)34(26)31-14-17-4-11-24(22(30)12-17)37-15-25(35)32-20-8-6-19(29)7-9-20/h4-14,16H,3,15H2,1-2H3,(H,32,35)/t16-/m1/s1. The van der Waals surface area contributed by atoms with Crippen molar-refractivity contribution < 1.29 is 9.53 Å². The molecule has 0 saturated heterocycles. The average molecular weight is 602 g/mol. The molecule has 37 heavy (non-hydrogen) atoms. The van der Waals surface area contributed by atoms with E-state index in [0.29, 0.717) is 43.8 Å². The van der Waals surface area contributed by atoms with Gasteiger partial charge < -0.3 is 10.1 Å². The first-order valence-electron chi connectivity index (χ1n) is 11.5. The number of benzene rings is 3. The quantitative estimate of drug-likeness (QED) is 0.223. The lowest BCUT2D eigenvalue weighted by atomic mass is 10.1. The zero-order valence-corrected chi connectivity index (χ0v) is 23.1. The second-order valence-corrected chi connectivity index (χ2v) is 10.1. The van der Waals surface area contributed by atoms with Crippen molar-refractivity contribution in [2.24, 2.45) is 5.10 Å². The summed E-state index contributed by atoms with van der Waals surface area (Å²) >= 11 is 15.7. The van der Waals surface area contributed by atoms with Crippen molar-refractivity contribution in [3.63, 3.8) is 0 Å². The van der Waals surface area contributed by atoms with Gasteiger partial charge in [0.25, 0.3) is 11.5 Å². The number of fused-ring (bicyclic) bond motifs is 1. The smallest absolute Gasteiger partial charge is 0.282 e. The summed E-state index contributed by atoms with van der Waals surface area (Å²) in [5, 5.41) is 8.53. The van der Waals surface area contributed by atoms with Crippen LogP contribution in [0.2, 0.25) is 10.0 Å². The van der Waals surface area contributed by atoms with Gasteiger partial charge in [-0.15, -0.1) is 0 Å². The molecule has 1 amide bonds. The first-order chi connectivity index (χ1) is 17.7. The van der Waals surface area contributed by atoms with Gasteiger partial charge in [0, 0.05) is 21.1 Å². The maximum Gasteiger partial charge on any atom is 0.282 e. The summed E-state index contributed by atoms with van der Waals surface area (Å²) in [6.07, 6.45) is 2.34. The van der Waals surface area contributed by atoms with Gasteiger partial charge in [-0.3, -0.25) is 9.59 Å². The van der Waals surface area contributed by atoms with Gasteiger partial charge >= 0.3 is 0 Å². The number of ether oxygens (including phenoxy) is 1. The van der Waals surface area contributed by atoms with Crippen LogP contribution in [0.15, 0.2) is 75.0 Å². The van der Waals surface area contributed by atoms with Crippen molar-refractivity contribution in [1.29, 1.82) is 0 Å². The summed E-state index contributed by atoms with van der Waals surface area (Å²) in [6, 6.07) is 17.2. The molecule has 0 bridgehead atoms. The molecule has 1 heterocycles. The number of hydrogen-bond donors (Lipinski definition) is 1. The lowest BCUT2D eigenvalue weighted by Gasteiger charge is -2.14. The lowest BCUT2D eigenvalue weighted by Crippen LogP contribution is -2.23. The number of amides is 1. The number of carbonyl (C=O) groups is 1. The third kappa shape index (κ3) is 6.57. The fourth-order valence-electron chi connectivity index (χ4n) is 3.49. The van der Waals surface area contributed by atoms with Gasteiger partial charge in [-0.2, -0.15) is 9.78 Å². The Morgan fingerprint density at radius 1 is 1.16 bits per heavy atom. The minimum Gasteiger partial charge on any atom is -0.482 e. The molecule has 0 unspecified atom stereocenters. The van der Waals surface area contributed by atoms with Gasteiger partial charge in [-0.05, 0) is 72.6 Å². The van der Waals surface area contributed by atoms with E-state index in [-0.39, 0.29) is 24.0 Å². The Kier molecular flexibility index (Phi) is 8.63. The highest BCUT2D eigenvalue weighted by molar-refractivity contribution is 9.10. The highest BCUT2D eigenvalue weighted by atomic mass is 79.9. The Bertz CT molecular complexity index is 1540. The summed E-state index contributed by atoms with van der Waals surface area (Å²) in [7, 11) is 0. The molecule has 0 spiro atoms. The number of hydrogen-bond acceptors (Lipinski definition) is 5. The average Bonchev–Trinajstić information content (AvgIpc) is 2.88. The van der Waals surface area contributed by atoms with Crippen LogP contribution in [0.4, 0.5) is 5.69 Å². The molecule has 3 aromatic carbocycles. The molecule has 0 aliphatic carbocycles. The molecule has 0 aliphatic rings. The van der Waals surface area contributed by atoms with Gasteiger partial charge in [-0.1, -0.05) is 53.0 Å². The Morgan fingerprint density at radius 2 is 1.92 bits per heavy atom. The van der Waals surface area contributed by atoms with Gasteiger partial charge in [-0.25, -0.2) is 4.98 Å². The normalized spacial score (nSPS) is 12.1. The van der Waals surface area contributed by atoms with Crippen LogP contribution in [0.1, 0.15) is 37.6 Å². The third-order valence-electron chi connectivity index (χ3n) is 5.65. The van der Waals surface area contributed by atoms with Crippen molar-refractivity contribution in [3.05, 3.63) is 96.9 Å². The number of nitrogens with one attached hydrogen (secondary N) is 1. The minimum atomic E-state index is -0.337. The maximum atomic E-state index is 13.3. The molecule has 1 atom stereocenters. The number of rotatable bonds is 8. The van der Waals surface area contributed by atoms with Gasteiger partial charge in [0.2, 0.25) is 0 Å². The van der Waals surface area contributed by atoms with E-state index in [1.54, 1.807) is 54.7 Å². The third-order valence-corrected chi connectivity index (χ3v) is 6.69. The van der Waals surface area contributed by atoms with Crippen molar-refractivity contribution >= 4 is 67.8 Å². The SMILES string of the molecule is CC[C@@H](C)c1nc2ccc(Br)cc2c(=O)n1N=Cc1ccc(OCC(=O)Nc2ccc(Cl)cc2)c(Cl)c1. The zero-order valence-electron chi connectivity index (χ0n) is 20.0. The number of carbonyl (C=O) groups excluding carboxylic acids is 1. The van der Waals surface area contributed by atoms with Gasteiger partial charge in [0.1, 0.15) is 11.6 Å². The molecule has 10 heteroatoms. The van der Waals surface area contributed by atoms with Crippen LogP contribution in [0.5, 0.6) is 5.75 Å². The molecule has 4 aromatic rings. The van der Waals surface area contributed by atoms with E-state index in [1.807, 2.05) is 26.0 Å². The van der Waals surface area contributed by atoms with Crippen LogP contribution in [-0.2, 0) is 4.79 Å². The van der Waals surface area contributed by atoms with Crippen molar-refractivity contribution in [1.82, 2.24) is 9.66 Å². The van der Waals surface area contributed by atoms with E-state index in [0.717, 1.165) is 10.9 Å².